The lowest BCUT2D eigenvalue weighted by molar-refractivity contribution is -0.127. The normalized spacial score (nSPS) is 15.8. The number of carbonyl (C=O) groups excluding carboxylic acids is 2. The van der Waals surface area contributed by atoms with Crippen LogP contribution in [-0.4, -0.2) is 42.6 Å². The van der Waals surface area contributed by atoms with E-state index in [4.69, 9.17) is 21.7 Å². The Morgan fingerprint density at radius 2 is 1.66 bits per heavy atom. The molecule has 1 aliphatic heterocycles. The number of para-hydroxylation sites is 1. The number of nitrogens with zero attached hydrogens (tertiary/aromatic N) is 2. The summed E-state index contributed by atoms with van der Waals surface area (Å²) in [6.07, 6.45) is 2.28. The third kappa shape index (κ3) is 4.00. The molecule has 2 amide bonds. The van der Waals surface area contributed by atoms with Crippen molar-refractivity contribution in [1.82, 2.24) is 4.90 Å². The maximum absolute atomic E-state index is 13.2. The van der Waals surface area contributed by atoms with Gasteiger partial charge in [0.05, 0.1) is 19.9 Å². The third-order valence-electron chi connectivity index (χ3n) is 4.51. The second-order valence-electron chi connectivity index (χ2n) is 6.39. The minimum atomic E-state index is -0.451. The van der Waals surface area contributed by atoms with Crippen molar-refractivity contribution in [3.05, 3.63) is 59.7 Å². The van der Waals surface area contributed by atoms with Crippen LogP contribution in [0.25, 0.3) is 6.08 Å². The van der Waals surface area contributed by atoms with Gasteiger partial charge in [-0.05, 0) is 54.5 Å². The van der Waals surface area contributed by atoms with Crippen molar-refractivity contribution < 1.29 is 19.1 Å². The monoisotopic (exact) mass is 410 g/mol. The number of carbonyl (C=O) groups is 2. The molecular formula is C22H22N2O4S. The van der Waals surface area contributed by atoms with Crippen LogP contribution < -0.4 is 14.4 Å². The molecular weight excluding hydrogens is 388 g/mol. The number of benzene rings is 2. The molecule has 0 atom stereocenters. The number of methoxy groups -OCH3 is 2. The number of hydrogen-bond acceptors (Lipinski definition) is 5. The summed E-state index contributed by atoms with van der Waals surface area (Å²) in [5, 5.41) is 0.192. The Bertz CT molecular complexity index is 972. The fourth-order valence-corrected chi connectivity index (χ4v) is 3.47. The zero-order valence-corrected chi connectivity index (χ0v) is 17.4. The van der Waals surface area contributed by atoms with Gasteiger partial charge in [-0.3, -0.25) is 19.4 Å². The molecule has 1 saturated heterocycles. The highest BCUT2D eigenvalue weighted by atomic mass is 32.1. The molecule has 0 aromatic heterocycles. The first-order valence-electron chi connectivity index (χ1n) is 9.20. The summed E-state index contributed by atoms with van der Waals surface area (Å²) in [5.74, 6) is 0.228. The highest BCUT2D eigenvalue weighted by Crippen LogP contribution is 2.30. The van der Waals surface area contributed by atoms with E-state index < -0.39 is 11.8 Å². The summed E-state index contributed by atoms with van der Waals surface area (Å²) >= 11 is 5.49. The van der Waals surface area contributed by atoms with Crippen LogP contribution in [0.5, 0.6) is 11.5 Å². The molecule has 0 radical (unpaired) electrons. The minimum absolute atomic E-state index is 0.0446. The van der Waals surface area contributed by atoms with Gasteiger partial charge in [0.1, 0.15) is 5.57 Å². The molecule has 1 aliphatic rings. The number of rotatable bonds is 6. The minimum Gasteiger partial charge on any atom is -0.493 e. The number of anilines is 1. The lowest BCUT2D eigenvalue weighted by Crippen LogP contribution is -2.56. The van der Waals surface area contributed by atoms with E-state index in [2.05, 4.69) is 0 Å². The van der Waals surface area contributed by atoms with E-state index in [0.29, 0.717) is 35.7 Å². The van der Waals surface area contributed by atoms with E-state index in [1.807, 2.05) is 25.1 Å². The van der Waals surface area contributed by atoms with Crippen molar-refractivity contribution in [1.29, 1.82) is 0 Å². The predicted molar refractivity (Wildman–Crippen MR) is 116 cm³/mol. The van der Waals surface area contributed by atoms with E-state index >= 15 is 0 Å². The SMILES string of the molecule is CCCN1C(=O)/C(=C/c2ccc(OC)c(OC)c2)C(=O)N(c2ccccc2)C1=S. The van der Waals surface area contributed by atoms with Gasteiger partial charge in [-0.25, -0.2) is 0 Å². The van der Waals surface area contributed by atoms with E-state index in [-0.39, 0.29) is 10.7 Å². The lowest BCUT2D eigenvalue weighted by atomic mass is 10.0. The molecule has 0 spiro atoms. The summed E-state index contributed by atoms with van der Waals surface area (Å²) in [6.45, 7) is 2.38. The average molecular weight is 410 g/mol. The molecule has 0 N–H and O–H groups in total. The van der Waals surface area contributed by atoms with Crippen LogP contribution in [0.15, 0.2) is 54.1 Å². The highest BCUT2D eigenvalue weighted by Gasteiger charge is 2.39. The molecule has 29 heavy (non-hydrogen) atoms. The van der Waals surface area contributed by atoms with Gasteiger partial charge in [0.2, 0.25) is 0 Å². The standard InChI is InChI=1S/C22H22N2O4S/c1-4-12-23-20(25)17(13-15-10-11-18(27-2)19(14-15)28-3)21(26)24(22(23)29)16-8-6-5-7-9-16/h5-11,13-14H,4,12H2,1-3H3/b17-13-. The average Bonchev–Trinajstić information content (AvgIpc) is 2.75. The third-order valence-corrected chi connectivity index (χ3v) is 4.91. The van der Waals surface area contributed by atoms with E-state index in [1.165, 1.54) is 16.9 Å². The highest BCUT2D eigenvalue weighted by molar-refractivity contribution is 7.80. The Balaban J connectivity index is 2.08. The quantitative estimate of drug-likeness (QED) is 0.413. The molecule has 3 rings (SSSR count). The van der Waals surface area contributed by atoms with Gasteiger partial charge >= 0.3 is 0 Å². The van der Waals surface area contributed by atoms with E-state index in [1.54, 1.807) is 43.5 Å². The van der Waals surface area contributed by atoms with Gasteiger partial charge in [-0.1, -0.05) is 31.2 Å². The molecule has 0 bridgehead atoms. The number of hydrogen-bond donors (Lipinski definition) is 0. The first-order chi connectivity index (χ1) is 14.0. The molecule has 150 valence electrons. The molecule has 7 heteroatoms. The summed E-state index contributed by atoms with van der Waals surface area (Å²) in [5.41, 5.74) is 1.31. The maximum Gasteiger partial charge on any atom is 0.270 e. The van der Waals surface area contributed by atoms with Gasteiger partial charge < -0.3 is 9.47 Å². The van der Waals surface area contributed by atoms with Crippen LogP contribution in [0.4, 0.5) is 5.69 Å². The fraction of sp³-hybridized carbons (Fsp3) is 0.227. The summed E-state index contributed by atoms with van der Waals surface area (Å²) in [6, 6.07) is 14.3. The van der Waals surface area contributed by atoms with Crippen LogP contribution in [-0.2, 0) is 9.59 Å². The Morgan fingerprint density at radius 3 is 2.28 bits per heavy atom. The number of ether oxygens (including phenoxy) is 2. The van der Waals surface area contributed by atoms with Crippen molar-refractivity contribution >= 4 is 40.9 Å². The van der Waals surface area contributed by atoms with Crippen molar-refractivity contribution in [2.75, 3.05) is 25.7 Å². The molecule has 0 unspecified atom stereocenters. The molecule has 0 saturated carbocycles. The molecule has 1 heterocycles. The molecule has 6 nitrogen and oxygen atoms in total. The number of amides is 2. The Kier molecular flexibility index (Phi) is 6.29. The zero-order valence-electron chi connectivity index (χ0n) is 16.5. The van der Waals surface area contributed by atoms with Crippen molar-refractivity contribution in [3.63, 3.8) is 0 Å². The van der Waals surface area contributed by atoms with Crippen molar-refractivity contribution in [2.24, 2.45) is 0 Å². The van der Waals surface area contributed by atoms with Gasteiger partial charge in [0, 0.05) is 6.54 Å². The Morgan fingerprint density at radius 1 is 0.966 bits per heavy atom. The van der Waals surface area contributed by atoms with Crippen LogP contribution in [0.2, 0.25) is 0 Å². The second-order valence-corrected chi connectivity index (χ2v) is 6.75. The van der Waals surface area contributed by atoms with Crippen molar-refractivity contribution in [2.45, 2.75) is 13.3 Å². The van der Waals surface area contributed by atoms with Crippen LogP contribution in [0.3, 0.4) is 0 Å². The van der Waals surface area contributed by atoms with Crippen LogP contribution in [0.1, 0.15) is 18.9 Å². The molecule has 1 fully saturated rings. The predicted octanol–water partition coefficient (Wildman–Crippen LogP) is 3.66. The van der Waals surface area contributed by atoms with E-state index in [9.17, 15) is 9.59 Å². The first-order valence-corrected chi connectivity index (χ1v) is 9.61. The lowest BCUT2D eigenvalue weighted by Gasteiger charge is -2.36. The maximum atomic E-state index is 13.2. The summed E-state index contributed by atoms with van der Waals surface area (Å²) < 4.78 is 10.6. The fourth-order valence-electron chi connectivity index (χ4n) is 3.11. The largest absolute Gasteiger partial charge is 0.493 e. The topological polar surface area (TPSA) is 59.1 Å². The van der Waals surface area contributed by atoms with Gasteiger partial charge in [-0.2, -0.15) is 0 Å². The molecule has 2 aromatic rings. The van der Waals surface area contributed by atoms with Crippen molar-refractivity contribution in [3.8, 4) is 11.5 Å². The van der Waals surface area contributed by atoms with Crippen LogP contribution in [0, 0.1) is 0 Å². The Labute approximate surface area is 175 Å². The molecule has 2 aromatic carbocycles. The summed E-state index contributed by atoms with van der Waals surface area (Å²) in [4.78, 5) is 29.2. The van der Waals surface area contributed by atoms with Gasteiger partial charge in [-0.15, -0.1) is 0 Å². The number of thiocarbonyl (C=S) groups is 1. The van der Waals surface area contributed by atoms with Gasteiger partial charge in [0.15, 0.2) is 16.6 Å². The van der Waals surface area contributed by atoms with Gasteiger partial charge in [0.25, 0.3) is 11.8 Å². The molecule has 0 aliphatic carbocycles. The van der Waals surface area contributed by atoms with Crippen LogP contribution >= 0.6 is 12.2 Å². The van der Waals surface area contributed by atoms with E-state index in [0.717, 1.165) is 0 Å². The first kappa shape index (κ1) is 20.5. The summed E-state index contributed by atoms with van der Waals surface area (Å²) in [7, 11) is 3.08. The Hall–Kier alpha value is -3.19. The second kappa shape index (κ2) is 8.87. The zero-order chi connectivity index (χ0) is 21.0. The smallest absolute Gasteiger partial charge is 0.270 e.